The minimum atomic E-state index is -0.583. The average molecular weight is 363 g/mol. The Bertz CT molecular complexity index is 645. The molecule has 8 heteroatoms. The second kappa shape index (κ2) is 8.35. The van der Waals surface area contributed by atoms with Crippen LogP contribution in [0.5, 0.6) is 0 Å². The van der Waals surface area contributed by atoms with Crippen LogP contribution in [0.3, 0.4) is 0 Å². The van der Waals surface area contributed by atoms with Crippen LogP contribution in [-0.2, 0) is 20.9 Å². The minimum absolute atomic E-state index is 0.00903. The zero-order valence-corrected chi connectivity index (χ0v) is 14.9. The molecule has 2 aliphatic rings. The van der Waals surface area contributed by atoms with E-state index < -0.39 is 18.0 Å². The van der Waals surface area contributed by atoms with E-state index in [0.717, 1.165) is 32.1 Å². The van der Waals surface area contributed by atoms with Gasteiger partial charge in [-0.15, -0.1) is 0 Å². The lowest BCUT2D eigenvalue weighted by atomic mass is 9.85. The molecule has 1 saturated heterocycles. The third kappa shape index (κ3) is 4.24. The molecule has 0 spiro atoms. The highest BCUT2D eigenvalue weighted by Gasteiger charge is 2.46. The summed E-state index contributed by atoms with van der Waals surface area (Å²) >= 11 is 0. The number of urea groups is 1. The maximum Gasteiger partial charge on any atom is 0.323 e. The molecule has 0 bridgehead atoms. The molecule has 0 unspecified atom stereocenters. The summed E-state index contributed by atoms with van der Waals surface area (Å²) in [6.07, 6.45) is 6.52. The lowest BCUT2D eigenvalue weighted by Crippen LogP contribution is -2.50. The molecule has 26 heavy (non-hydrogen) atoms. The zero-order chi connectivity index (χ0) is 18.5. The molecule has 2 N–H and O–H groups in total. The number of hydrogen-bond donors (Lipinski definition) is 2. The highest BCUT2D eigenvalue weighted by Crippen LogP contribution is 2.39. The smallest absolute Gasteiger partial charge is 0.323 e. The molecule has 1 saturated carbocycles. The summed E-state index contributed by atoms with van der Waals surface area (Å²) in [7, 11) is 1.37. The first-order valence-corrected chi connectivity index (χ1v) is 9.02. The number of imide groups is 1. The summed E-state index contributed by atoms with van der Waals surface area (Å²) < 4.78 is 10.0. The van der Waals surface area contributed by atoms with Crippen molar-refractivity contribution in [2.75, 3.05) is 13.7 Å². The van der Waals surface area contributed by atoms with Gasteiger partial charge in [-0.05, 0) is 37.3 Å². The third-order valence-electron chi connectivity index (χ3n) is 5.28. The molecule has 3 amide bonds. The van der Waals surface area contributed by atoms with Crippen LogP contribution in [-0.4, -0.2) is 48.5 Å². The fourth-order valence-electron chi connectivity index (χ4n) is 4.10. The van der Waals surface area contributed by atoms with Crippen LogP contribution in [0.15, 0.2) is 22.8 Å². The van der Waals surface area contributed by atoms with Crippen molar-refractivity contribution in [3.05, 3.63) is 24.2 Å². The summed E-state index contributed by atoms with van der Waals surface area (Å²) in [6, 6.07) is 2.66. The molecule has 3 atom stereocenters. The van der Waals surface area contributed by atoms with Crippen LogP contribution in [0.2, 0.25) is 0 Å². The topological polar surface area (TPSA) is 101 Å². The molecule has 142 valence electrons. The average Bonchev–Trinajstić information content (AvgIpc) is 3.27. The summed E-state index contributed by atoms with van der Waals surface area (Å²) in [5.74, 6) is 0.271. The Kier molecular flexibility index (Phi) is 5.92. The van der Waals surface area contributed by atoms with Crippen molar-refractivity contribution in [2.24, 2.45) is 5.92 Å². The molecule has 8 nitrogen and oxygen atoms in total. The Morgan fingerprint density at radius 3 is 2.85 bits per heavy atom. The van der Waals surface area contributed by atoms with E-state index in [1.165, 1.54) is 13.4 Å². The highest BCUT2D eigenvalue weighted by molar-refractivity contribution is 5.95. The number of nitrogens with zero attached hydrogens (tertiary/aromatic N) is 1. The van der Waals surface area contributed by atoms with Crippen molar-refractivity contribution < 1.29 is 23.5 Å². The Morgan fingerprint density at radius 2 is 2.12 bits per heavy atom. The molecule has 3 rings (SSSR count). The Labute approximate surface area is 152 Å². The van der Waals surface area contributed by atoms with Gasteiger partial charge in [-0.1, -0.05) is 12.8 Å². The van der Waals surface area contributed by atoms with Crippen LogP contribution in [0, 0.1) is 5.92 Å². The van der Waals surface area contributed by atoms with Crippen molar-refractivity contribution >= 4 is 17.9 Å². The van der Waals surface area contributed by atoms with Gasteiger partial charge in [0, 0.05) is 6.04 Å². The van der Waals surface area contributed by atoms with E-state index in [4.69, 9.17) is 9.15 Å². The van der Waals surface area contributed by atoms with Crippen LogP contribution in [0.1, 0.15) is 37.9 Å². The van der Waals surface area contributed by atoms with Gasteiger partial charge in [-0.3, -0.25) is 19.8 Å². The number of furan rings is 1. The SMILES string of the molecule is COC(=O)[C@@H]1C[C@H]2CCCC[C@H]2N1CC(=O)NC(=O)NCc1ccco1. The fraction of sp³-hybridized carbons (Fsp3) is 0.611. The molecular weight excluding hydrogens is 338 g/mol. The van der Waals surface area contributed by atoms with E-state index >= 15 is 0 Å². The second-order valence-electron chi connectivity index (χ2n) is 6.87. The van der Waals surface area contributed by atoms with Gasteiger partial charge in [0.2, 0.25) is 5.91 Å². The van der Waals surface area contributed by atoms with Gasteiger partial charge in [-0.2, -0.15) is 0 Å². The van der Waals surface area contributed by atoms with E-state index in [1.54, 1.807) is 12.1 Å². The van der Waals surface area contributed by atoms with Gasteiger partial charge in [0.25, 0.3) is 0 Å². The number of rotatable bonds is 5. The van der Waals surface area contributed by atoms with Crippen LogP contribution in [0.4, 0.5) is 4.79 Å². The van der Waals surface area contributed by atoms with Crippen LogP contribution < -0.4 is 10.6 Å². The number of nitrogens with one attached hydrogen (secondary N) is 2. The quantitative estimate of drug-likeness (QED) is 0.767. The zero-order valence-electron chi connectivity index (χ0n) is 14.9. The lowest BCUT2D eigenvalue weighted by Gasteiger charge is -2.32. The maximum absolute atomic E-state index is 12.3. The molecule has 0 aromatic carbocycles. The normalized spacial score (nSPS) is 25.3. The number of methoxy groups -OCH3 is 1. The molecule has 1 aromatic heterocycles. The van der Waals surface area contributed by atoms with Crippen molar-refractivity contribution in [1.29, 1.82) is 0 Å². The van der Waals surface area contributed by atoms with Crippen molar-refractivity contribution in [3.8, 4) is 0 Å². The first-order valence-electron chi connectivity index (χ1n) is 9.02. The van der Waals surface area contributed by atoms with E-state index in [1.807, 2.05) is 4.90 Å². The Morgan fingerprint density at radius 1 is 1.31 bits per heavy atom. The largest absolute Gasteiger partial charge is 0.468 e. The van der Waals surface area contributed by atoms with Crippen LogP contribution in [0.25, 0.3) is 0 Å². The first-order chi connectivity index (χ1) is 12.6. The first kappa shape index (κ1) is 18.4. The maximum atomic E-state index is 12.3. The summed E-state index contributed by atoms with van der Waals surface area (Å²) in [6.45, 7) is 0.209. The standard InChI is InChI=1S/C18H25N3O5/c1-25-17(23)15-9-12-5-2-3-7-14(12)21(15)11-16(22)20-18(24)19-10-13-6-4-8-26-13/h4,6,8,12,14-15H,2-3,5,7,9-11H2,1H3,(H2,19,20,22,24)/t12-,14-,15+/m1/s1. The van der Waals surface area contributed by atoms with Gasteiger partial charge in [0.15, 0.2) is 0 Å². The number of ether oxygens (including phenoxy) is 1. The van der Waals surface area contributed by atoms with E-state index in [9.17, 15) is 14.4 Å². The molecular formula is C18H25N3O5. The number of fused-ring (bicyclic) bond motifs is 1. The van der Waals surface area contributed by atoms with Crippen molar-refractivity contribution in [3.63, 3.8) is 0 Å². The Hall–Kier alpha value is -2.35. The lowest BCUT2D eigenvalue weighted by molar-refractivity contribution is -0.146. The third-order valence-corrected chi connectivity index (χ3v) is 5.28. The molecule has 0 radical (unpaired) electrons. The Balaban J connectivity index is 1.55. The predicted molar refractivity (Wildman–Crippen MR) is 92.0 cm³/mol. The van der Waals surface area contributed by atoms with E-state index in [0.29, 0.717) is 11.7 Å². The number of carbonyl (C=O) groups excluding carboxylic acids is 3. The second-order valence-corrected chi connectivity index (χ2v) is 6.87. The molecule has 2 fully saturated rings. The number of carbonyl (C=O) groups is 3. The van der Waals surface area contributed by atoms with Gasteiger partial charge in [0.05, 0.1) is 26.5 Å². The molecule has 1 aliphatic carbocycles. The summed E-state index contributed by atoms with van der Waals surface area (Å²) in [5, 5.41) is 4.89. The monoisotopic (exact) mass is 363 g/mol. The van der Waals surface area contributed by atoms with Crippen molar-refractivity contribution in [1.82, 2.24) is 15.5 Å². The molecule has 1 aliphatic heterocycles. The van der Waals surface area contributed by atoms with Crippen LogP contribution >= 0.6 is 0 Å². The van der Waals surface area contributed by atoms with E-state index in [2.05, 4.69) is 10.6 Å². The van der Waals surface area contributed by atoms with Crippen molar-refractivity contribution in [2.45, 2.75) is 50.7 Å². The number of esters is 1. The molecule has 2 heterocycles. The summed E-state index contributed by atoms with van der Waals surface area (Å²) in [4.78, 5) is 38.2. The predicted octanol–water partition coefficient (Wildman–Crippen LogP) is 1.41. The molecule has 1 aromatic rings. The minimum Gasteiger partial charge on any atom is -0.468 e. The number of hydrogen-bond acceptors (Lipinski definition) is 6. The number of likely N-dealkylation sites (tertiary alicyclic amines) is 1. The number of amides is 3. The highest BCUT2D eigenvalue weighted by atomic mass is 16.5. The fourth-order valence-corrected chi connectivity index (χ4v) is 4.10. The van der Waals surface area contributed by atoms with E-state index in [-0.39, 0.29) is 25.1 Å². The van der Waals surface area contributed by atoms with Gasteiger partial charge in [-0.25, -0.2) is 4.79 Å². The van der Waals surface area contributed by atoms with Gasteiger partial charge in [0.1, 0.15) is 11.8 Å². The van der Waals surface area contributed by atoms with Gasteiger partial charge < -0.3 is 14.5 Å². The van der Waals surface area contributed by atoms with Gasteiger partial charge >= 0.3 is 12.0 Å². The summed E-state index contributed by atoms with van der Waals surface area (Å²) in [5.41, 5.74) is 0.